The standard InChI is InChI=1S/C16H14ClN/c1-16(14-6-8-15(17)9-7-14)10-2-4-13(12-16)5-3-11-18/h2-10H,12H2,1H3. The number of rotatable bonds is 2. The number of allylic oxidation sites excluding steroid dienone is 6. The fourth-order valence-corrected chi connectivity index (χ4v) is 2.34. The van der Waals surface area contributed by atoms with Gasteiger partial charge in [0.25, 0.3) is 0 Å². The summed E-state index contributed by atoms with van der Waals surface area (Å²) in [5, 5.41) is 9.33. The van der Waals surface area contributed by atoms with E-state index >= 15 is 0 Å². The van der Waals surface area contributed by atoms with Crippen LogP contribution in [-0.4, -0.2) is 0 Å². The molecule has 1 atom stereocenters. The Morgan fingerprint density at radius 3 is 2.72 bits per heavy atom. The molecule has 1 aromatic carbocycles. The van der Waals surface area contributed by atoms with Crippen LogP contribution in [0.25, 0.3) is 0 Å². The molecule has 0 aromatic heterocycles. The third kappa shape index (κ3) is 2.72. The lowest BCUT2D eigenvalue weighted by Crippen LogP contribution is -2.21. The van der Waals surface area contributed by atoms with E-state index in [1.807, 2.05) is 30.4 Å². The summed E-state index contributed by atoms with van der Waals surface area (Å²) in [6.07, 6.45) is 10.6. The summed E-state index contributed by atoms with van der Waals surface area (Å²) >= 11 is 5.92. The Balaban J connectivity index is 2.27. The highest BCUT2D eigenvalue weighted by Gasteiger charge is 2.25. The SMILES string of the molecule is CC1(c2ccc(Cl)cc2)C=CC=C(C=CC#N)C1. The van der Waals surface area contributed by atoms with Gasteiger partial charge in [0.1, 0.15) is 0 Å². The van der Waals surface area contributed by atoms with Crippen LogP contribution in [0, 0.1) is 11.3 Å². The smallest absolute Gasteiger partial charge is 0.0912 e. The van der Waals surface area contributed by atoms with Gasteiger partial charge in [-0.3, -0.25) is 0 Å². The molecule has 1 nitrogen and oxygen atoms in total. The molecule has 90 valence electrons. The molecule has 0 aliphatic heterocycles. The van der Waals surface area contributed by atoms with E-state index in [1.165, 1.54) is 11.6 Å². The van der Waals surface area contributed by atoms with E-state index < -0.39 is 0 Å². The van der Waals surface area contributed by atoms with E-state index in [9.17, 15) is 0 Å². The van der Waals surface area contributed by atoms with E-state index in [-0.39, 0.29) is 5.41 Å². The molecule has 0 spiro atoms. The predicted molar refractivity (Wildman–Crippen MR) is 75.4 cm³/mol. The first kappa shape index (κ1) is 12.7. The maximum atomic E-state index is 8.58. The van der Waals surface area contributed by atoms with Crippen LogP contribution < -0.4 is 0 Å². The van der Waals surface area contributed by atoms with Gasteiger partial charge in [0.05, 0.1) is 6.07 Å². The molecule has 1 aromatic rings. The molecule has 0 N–H and O–H groups in total. The van der Waals surface area contributed by atoms with E-state index in [0.717, 1.165) is 17.0 Å². The Morgan fingerprint density at radius 2 is 2.06 bits per heavy atom. The minimum atomic E-state index is -0.0333. The van der Waals surface area contributed by atoms with Crippen LogP contribution in [0.5, 0.6) is 0 Å². The molecule has 2 heteroatoms. The minimum absolute atomic E-state index is 0.0333. The Bertz CT molecular complexity index is 558. The van der Waals surface area contributed by atoms with Crippen molar-refractivity contribution in [3.05, 3.63) is 70.8 Å². The Hall–Kier alpha value is -1.78. The van der Waals surface area contributed by atoms with Gasteiger partial charge in [0.15, 0.2) is 0 Å². The topological polar surface area (TPSA) is 23.8 Å². The lowest BCUT2D eigenvalue weighted by atomic mass is 9.74. The van der Waals surface area contributed by atoms with Gasteiger partial charge in [-0.2, -0.15) is 5.26 Å². The highest BCUT2D eigenvalue weighted by atomic mass is 35.5. The Labute approximate surface area is 113 Å². The second kappa shape index (κ2) is 5.25. The molecule has 0 amide bonds. The van der Waals surface area contributed by atoms with Crippen LogP contribution in [0.4, 0.5) is 0 Å². The van der Waals surface area contributed by atoms with Gasteiger partial charge in [-0.05, 0) is 35.8 Å². The zero-order valence-electron chi connectivity index (χ0n) is 10.2. The predicted octanol–water partition coefficient (Wildman–Crippen LogP) is 4.56. The van der Waals surface area contributed by atoms with E-state index in [4.69, 9.17) is 16.9 Å². The van der Waals surface area contributed by atoms with Crippen molar-refractivity contribution < 1.29 is 0 Å². The molecule has 0 bridgehead atoms. The maximum absolute atomic E-state index is 8.58. The number of nitrogens with zero attached hydrogens (tertiary/aromatic N) is 1. The monoisotopic (exact) mass is 255 g/mol. The van der Waals surface area contributed by atoms with Crippen LogP contribution in [0.15, 0.2) is 60.2 Å². The van der Waals surface area contributed by atoms with Crippen molar-refractivity contribution in [1.29, 1.82) is 5.26 Å². The van der Waals surface area contributed by atoms with Crippen LogP contribution in [-0.2, 0) is 5.41 Å². The third-order valence-electron chi connectivity index (χ3n) is 3.22. The Morgan fingerprint density at radius 1 is 1.33 bits per heavy atom. The minimum Gasteiger partial charge on any atom is -0.193 e. The fraction of sp³-hybridized carbons (Fsp3) is 0.188. The molecule has 0 saturated heterocycles. The fourth-order valence-electron chi connectivity index (χ4n) is 2.21. The summed E-state index contributed by atoms with van der Waals surface area (Å²) in [5.41, 5.74) is 2.37. The molecular weight excluding hydrogens is 242 g/mol. The molecule has 1 aliphatic rings. The third-order valence-corrected chi connectivity index (χ3v) is 3.47. The Kier molecular flexibility index (Phi) is 3.69. The normalized spacial score (nSPS) is 22.8. The van der Waals surface area contributed by atoms with Gasteiger partial charge < -0.3 is 0 Å². The number of nitriles is 1. The van der Waals surface area contributed by atoms with Gasteiger partial charge in [0, 0.05) is 16.5 Å². The van der Waals surface area contributed by atoms with Crippen molar-refractivity contribution in [1.82, 2.24) is 0 Å². The first-order valence-electron chi connectivity index (χ1n) is 5.85. The summed E-state index contributed by atoms with van der Waals surface area (Å²) in [7, 11) is 0. The van der Waals surface area contributed by atoms with Crippen molar-refractivity contribution >= 4 is 11.6 Å². The number of benzene rings is 1. The molecule has 18 heavy (non-hydrogen) atoms. The zero-order valence-corrected chi connectivity index (χ0v) is 11.0. The first-order chi connectivity index (χ1) is 8.64. The molecular formula is C16H14ClN. The quantitative estimate of drug-likeness (QED) is 0.711. The summed E-state index contributed by atoms with van der Waals surface area (Å²) in [6.45, 7) is 2.19. The second-order valence-corrected chi connectivity index (χ2v) is 5.10. The van der Waals surface area contributed by atoms with Gasteiger partial charge in [-0.25, -0.2) is 0 Å². The van der Waals surface area contributed by atoms with Crippen LogP contribution in [0.1, 0.15) is 18.9 Å². The molecule has 0 radical (unpaired) electrons. The molecule has 1 aliphatic carbocycles. The molecule has 0 saturated carbocycles. The largest absolute Gasteiger partial charge is 0.193 e. The average Bonchev–Trinajstić information content (AvgIpc) is 2.37. The van der Waals surface area contributed by atoms with Crippen molar-refractivity contribution in [2.45, 2.75) is 18.8 Å². The highest BCUT2D eigenvalue weighted by molar-refractivity contribution is 6.30. The summed E-state index contributed by atoms with van der Waals surface area (Å²) in [5.74, 6) is 0. The highest BCUT2D eigenvalue weighted by Crippen LogP contribution is 2.35. The molecule has 1 unspecified atom stereocenters. The average molecular weight is 256 g/mol. The lowest BCUT2D eigenvalue weighted by molar-refractivity contribution is 0.587. The van der Waals surface area contributed by atoms with Gasteiger partial charge in [-0.1, -0.05) is 48.9 Å². The summed E-state index contributed by atoms with van der Waals surface area (Å²) in [6, 6.07) is 9.98. The summed E-state index contributed by atoms with van der Waals surface area (Å²) in [4.78, 5) is 0. The van der Waals surface area contributed by atoms with E-state index in [0.29, 0.717) is 0 Å². The van der Waals surface area contributed by atoms with Crippen LogP contribution in [0.2, 0.25) is 5.02 Å². The van der Waals surface area contributed by atoms with Crippen LogP contribution in [0.3, 0.4) is 0 Å². The lowest BCUT2D eigenvalue weighted by Gasteiger charge is -2.29. The van der Waals surface area contributed by atoms with Crippen molar-refractivity contribution in [3.63, 3.8) is 0 Å². The molecule has 0 heterocycles. The van der Waals surface area contributed by atoms with Crippen molar-refractivity contribution in [2.75, 3.05) is 0 Å². The number of hydrogen-bond donors (Lipinski definition) is 0. The van der Waals surface area contributed by atoms with Gasteiger partial charge in [0.2, 0.25) is 0 Å². The van der Waals surface area contributed by atoms with Crippen molar-refractivity contribution in [2.24, 2.45) is 0 Å². The number of halogens is 1. The van der Waals surface area contributed by atoms with Gasteiger partial charge >= 0.3 is 0 Å². The maximum Gasteiger partial charge on any atom is 0.0912 e. The number of hydrogen-bond acceptors (Lipinski definition) is 1. The first-order valence-corrected chi connectivity index (χ1v) is 6.22. The van der Waals surface area contributed by atoms with Gasteiger partial charge in [-0.15, -0.1) is 0 Å². The summed E-state index contributed by atoms with van der Waals surface area (Å²) < 4.78 is 0. The van der Waals surface area contributed by atoms with E-state index in [1.54, 1.807) is 0 Å². The van der Waals surface area contributed by atoms with E-state index in [2.05, 4.69) is 31.2 Å². The molecule has 0 fully saturated rings. The van der Waals surface area contributed by atoms with Crippen LogP contribution >= 0.6 is 11.6 Å². The molecule has 2 rings (SSSR count). The zero-order chi connectivity index (χ0) is 13.0. The second-order valence-electron chi connectivity index (χ2n) is 4.66. The van der Waals surface area contributed by atoms with Crippen molar-refractivity contribution in [3.8, 4) is 6.07 Å².